The molecule has 0 aromatic carbocycles. The third-order valence-electron chi connectivity index (χ3n) is 1.20. The number of hydrogen-bond donors (Lipinski definition) is 1. The van der Waals surface area contributed by atoms with Crippen molar-refractivity contribution in [2.75, 3.05) is 13.6 Å². The molecule has 0 spiro atoms. The van der Waals surface area contributed by atoms with Gasteiger partial charge in [0.15, 0.2) is 5.01 Å². The summed E-state index contributed by atoms with van der Waals surface area (Å²) in [6, 6.07) is 0. The summed E-state index contributed by atoms with van der Waals surface area (Å²) in [5.41, 5.74) is 0. The number of ketones is 1. The number of nitrogens with one attached hydrogen (secondary N) is 1. The van der Waals surface area contributed by atoms with E-state index in [2.05, 4.69) is 10.3 Å². The third-order valence-corrected chi connectivity index (χ3v) is 2.15. The van der Waals surface area contributed by atoms with Crippen molar-refractivity contribution in [1.82, 2.24) is 10.3 Å². The zero-order chi connectivity index (χ0) is 8.27. The molecule has 4 heteroatoms. The van der Waals surface area contributed by atoms with Crippen molar-refractivity contribution in [2.45, 2.75) is 6.92 Å². The molecule has 0 aliphatic rings. The lowest BCUT2D eigenvalue weighted by atomic mass is 10.4. The summed E-state index contributed by atoms with van der Waals surface area (Å²) in [7, 11) is 1.75. The monoisotopic (exact) mass is 170 g/mol. The molecule has 3 nitrogen and oxygen atoms in total. The van der Waals surface area contributed by atoms with Gasteiger partial charge in [-0.05, 0) is 14.0 Å². The number of carbonyl (C=O) groups excluding carboxylic acids is 1. The van der Waals surface area contributed by atoms with Gasteiger partial charge in [-0.1, -0.05) is 0 Å². The maximum Gasteiger partial charge on any atom is 0.205 e. The molecule has 11 heavy (non-hydrogen) atoms. The predicted octanol–water partition coefficient (Wildman–Crippen LogP) is 0.854. The van der Waals surface area contributed by atoms with E-state index in [1.54, 1.807) is 13.2 Å². The second kappa shape index (κ2) is 3.59. The summed E-state index contributed by atoms with van der Waals surface area (Å²) < 4.78 is 0. The van der Waals surface area contributed by atoms with Crippen LogP contribution in [0, 0.1) is 6.92 Å². The highest BCUT2D eigenvalue weighted by atomic mass is 32.1. The van der Waals surface area contributed by atoms with Crippen LogP contribution in [0.1, 0.15) is 14.7 Å². The molecule has 1 heterocycles. The second-order valence-corrected chi connectivity index (χ2v) is 3.46. The Morgan fingerprint density at radius 1 is 1.82 bits per heavy atom. The Labute approximate surface area is 69.5 Å². The van der Waals surface area contributed by atoms with Gasteiger partial charge in [0.25, 0.3) is 0 Å². The van der Waals surface area contributed by atoms with Gasteiger partial charge in [0.1, 0.15) is 0 Å². The Hall–Kier alpha value is -0.740. The molecule has 0 unspecified atom stereocenters. The topological polar surface area (TPSA) is 42.0 Å². The largest absolute Gasteiger partial charge is 0.313 e. The van der Waals surface area contributed by atoms with Gasteiger partial charge in [-0.25, -0.2) is 4.98 Å². The van der Waals surface area contributed by atoms with Crippen LogP contribution in [0.4, 0.5) is 0 Å². The fourth-order valence-electron chi connectivity index (χ4n) is 0.720. The van der Waals surface area contributed by atoms with Crippen molar-refractivity contribution in [3.8, 4) is 0 Å². The number of aromatic nitrogens is 1. The fourth-order valence-corrected chi connectivity index (χ4v) is 1.42. The van der Waals surface area contributed by atoms with Crippen LogP contribution < -0.4 is 5.32 Å². The lowest BCUT2D eigenvalue weighted by molar-refractivity contribution is 0.0993. The van der Waals surface area contributed by atoms with Crippen molar-refractivity contribution < 1.29 is 4.79 Å². The van der Waals surface area contributed by atoms with E-state index in [1.165, 1.54) is 11.3 Å². The van der Waals surface area contributed by atoms with Gasteiger partial charge in [-0.15, -0.1) is 11.3 Å². The summed E-state index contributed by atoms with van der Waals surface area (Å²) in [5, 5.41) is 3.39. The van der Waals surface area contributed by atoms with E-state index in [0.717, 1.165) is 4.88 Å². The van der Waals surface area contributed by atoms with E-state index in [-0.39, 0.29) is 5.78 Å². The Morgan fingerprint density at radius 2 is 2.55 bits per heavy atom. The molecule has 0 aliphatic heterocycles. The average molecular weight is 170 g/mol. The molecular weight excluding hydrogens is 160 g/mol. The average Bonchev–Trinajstić information content (AvgIpc) is 2.36. The maximum atomic E-state index is 11.1. The Bertz CT molecular complexity index is 257. The number of aryl methyl sites for hydroxylation is 1. The summed E-state index contributed by atoms with van der Waals surface area (Å²) in [6.07, 6.45) is 1.72. The first kappa shape index (κ1) is 8.36. The van der Waals surface area contributed by atoms with Crippen LogP contribution in [-0.2, 0) is 0 Å². The van der Waals surface area contributed by atoms with Gasteiger partial charge in [-0.2, -0.15) is 0 Å². The van der Waals surface area contributed by atoms with Crippen LogP contribution in [0.25, 0.3) is 0 Å². The lowest BCUT2D eigenvalue weighted by Gasteiger charge is -1.91. The van der Waals surface area contributed by atoms with Gasteiger partial charge in [0.05, 0.1) is 6.54 Å². The van der Waals surface area contributed by atoms with Crippen LogP contribution in [0.15, 0.2) is 6.20 Å². The molecule has 0 atom stereocenters. The molecule has 1 rings (SSSR count). The van der Waals surface area contributed by atoms with Gasteiger partial charge in [-0.3, -0.25) is 4.79 Å². The molecule has 0 fully saturated rings. The standard InChI is InChI=1S/C7H10N2OS/c1-5-3-9-7(11-5)6(10)4-8-2/h3,8H,4H2,1-2H3. The fraction of sp³-hybridized carbons (Fsp3) is 0.429. The van der Waals surface area contributed by atoms with Crippen LogP contribution in [0.5, 0.6) is 0 Å². The molecule has 0 bridgehead atoms. The zero-order valence-electron chi connectivity index (χ0n) is 6.55. The normalized spacial score (nSPS) is 10.0. The highest BCUT2D eigenvalue weighted by molar-refractivity contribution is 7.13. The number of thiazole rings is 1. The van der Waals surface area contributed by atoms with Crippen molar-refractivity contribution >= 4 is 17.1 Å². The smallest absolute Gasteiger partial charge is 0.205 e. The molecule has 0 amide bonds. The molecule has 0 saturated carbocycles. The second-order valence-electron chi connectivity index (χ2n) is 2.23. The molecule has 60 valence electrons. The maximum absolute atomic E-state index is 11.1. The van der Waals surface area contributed by atoms with Crippen LogP contribution in [-0.4, -0.2) is 24.4 Å². The highest BCUT2D eigenvalue weighted by Crippen LogP contribution is 2.10. The molecule has 1 aromatic heterocycles. The number of hydrogen-bond acceptors (Lipinski definition) is 4. The van der Waals surface area contributed by atoms with Gasteiger partial charge in [0, 0.05) is 11.1 Å². The molecule has 0 aliphatic carbocycles. The van der Waals surface area contributed by atoms with E-state index in [1.807, 2.05) is 6.92 Å². The zero-order valence-corrected chi connectivity index (χ0v) is 7.36. The molecule has 0 radical (unpaired) electrons. The predicted molar refractivity (Wildman–Crippen MR) is 45.1 cm³/mol. The third kappa shape index (κ3) is 2.10. The Kier molecular flexibility index (Phi) is 2.73. The van der Waals surface area contributed by atoms with E-state index in [4.69, 9.17) is 0 Å². The van der Waals surface area contributed by atoms with Crippen LogP contribution in [0.3, 0.4) is 0 Å². The van der Waals surface area contributed by atoms with Crippen molar-refractivity contribution in [2.24, 2.45) is 0 Å². The quantitative estimate of drug-likeness (QED) is 0.684. The van der Waals surface area contributed by atoms with Gasteiger partial charge in [0.2, 0.25) is 5.78 Å². The summed E-state index contributed by atoms with van der Waals surface area (Å²) >= 11 is 1.44. The summed E-state index contributed by atoms with van der Waals surface area (Å²) in [5.74, 6) is 0.0607. The first-order chi connectivity index (χ1) is 5.24. The van der Waals surface area contributed by atoms with E-state index >= 15 is 0 Å². The molecular formula is C7H10N2OS. The SMILES string of the molecule is CNCC(=O)c1ncc(C)s1. The minimum Gasteiger partial charge on any atom is -0.313 e. The molecule has 1 N–H and O–H groups in total. The number of nitrogens with zero attached hydrogens (tertiary/aromatic N) is 1. The number of likely N-dealkylation sites (N-methyl/N-ethyl adjacent to an activating group) is 1. The van der Waals surface area contributed by atoms with Crippen molar-refractivity contribution in [3.05, 3.63) is 16.1 Å². The lowest BCUT2D eigenvalue weighted by Crippen LogP contribution is -2.18. The Balaban J connectivity index is 2.69. The number of Topliss-reactive ketones (excluding diaryl/α,β-unsaturated/α-hetero) is 1. The summed E-state index contributed by atoms with van der Waals surface area (Å²) in [6.45, 7) is 2.31. The van der Waals surface area contributed by atoms with Crippen molar-refractivity contribution in [1.29, 1.82) is 0 Å². The van der Waals surface area contributed by atoms with Crippen LogP contribution in [0.2, 0.25) is 0 Å². The minimum absolute atomic E-state index is 0.0607. The van der Waals surface area contributed by atoms with E-state index in [9.17, 15) is 4.79 Å². The van der Waals surface area contributed by atoms with E-state index < -0.39 is 0 Å². The first-order valence-corrected chi connectivity index (χ1v) is 4.16. The minimum atomic E-state index is 0.0607. The summed E-state index contributed by atoms with van der Waals surface area (Å²) in [4.78, 5) is 16.2. The van der Waals surface area contributed by atoms with E-state index in [0.29, 0.717) is 11.6 Å². The van der Waals surface area contributed by atoms with Crippen molar-refractivity contribution in [3.63, 3.8) is 0 Å². The van der Waals surface area contributed by atoms with Gasteiger partial charge >= 0.3 is 0 Å². The van der Waals surface area contributed by atoms with Crippen LogP contribution >= 0.6 is 11.3 Å². The van der Waals surface area contributed by atoms with Gasteiger partial charge < -0.3 is 5.32 Å². The Morgan fingerprint density at radius 3 is 3.00 bits per heavy atom. The first-order valence-electron chi connectivity index (χ1n) is 3.34. The highest BCUT2D eigenvalue weighted by Gasteiger charge is 2.07. The number of carbonyl (C=O) groups is 1. The number of rotatable bonds is 3. The molecule has 1 aromatic rings. The molecule has 0 saturated heterocycles.